The molecule has 14 heavy (non-hydrogen) atoms. The molecule has 4 N–H and O–H groups in total. The summed E-state index contributed by atoms with van der Waals surface area (Å²) >= 11 is 0. The van der Waals surface area contributed by atoms with Crippen LogP contribution in [0.25, 0.3) is 0 Å². The lowest BCUT2D eigenvalue weighted by molar-refractivity contribution is -0.109. The fourth-order valence-corrected chi connectivity index (χ4v) is 0.882. The fraction of sp³-hybridized carbons (Fsp3) is 0.889. The summed E-state index contributed by atoms with van der Waals surface area (Å²) in [5.74, 6) is 0.392. The van der Waals surface area contributed by atoms with E-state index in [2.05, 4.69) is 6.92 Å². The van der Waals surface area contributed by atoms with Gasteiger partial charge in [0.2, 0.25) is 0 Å². The number of carbonyl (C=O) groups is 1. The van der Waals surface area contributed by atoms with Crippen molar-refractivity contribution in [3.05, 3.63) is 0 Å². The number of hydrogen-bond acceptors (Lipinski definition) is 3. The predicted octanol–water partition coefficient (Wildman–Crippen LogP) is 1.51. The van der Waals surface area contributed by atoms with E-state index in [-0.39, 0.29) is 36.4 Å². The molecule has 5 heteroatoms. The van der Waals surface area contributed by atoms with E-state index in [9.17, 15) is 4.79 Å². The third kappa shape index (κ3) is 8.75. The van der Waals surface area contributed by atoms with Gasteiger partial charge in [-0.1, -0.05) is 6.92 Å². The highest BCUT2D eigenvalue weighted by atomic mass is 35.5. The third-order valence-electron chi connectivity index (χ3n) is 2.38. The zero-order chi connectivity index (χ0) is 9.78. The minimum absolute atomic E-state index is 0. The number of hydrogen-bond donors (Lipinski definition) is 2. The maximum absolute atomic E-state index is 10.2. The van der Waals surface area contributed by atoms with E-state index >= 15 is 0 Å². The molecule has 0 aromatic rings. The van der Waals surface area contributed by atoms with Crippen LogP contribution < -0.4 is 11.5 Å². The van der Waals surface area contributed by atoms with Crippen molar-refractivity contribution in [2.45, 2.75) is 45.2 Å². The van der Waals surface area contributed by atoms with E-state index < -0.39 is 0 Å². The first-order valence-electron chi connectivity index (χ1n) is 4.37. The molecule has 0 aliphatic carbocycles. The van der Waals surface area contributed by atoms with Crippen molar-refractivity contribution in [2.75, 3.05) is 0 Å². The van der Waals surface area contributed by atoms with Gasteiger partial charge in [0.15, 0.2) is 0 Å². The number of nitrogens with two attached hydrogens (primary N) is 2. The van der Waals surface area contributed by atoms with Crippen LogP contribution in [0.3, 0.4) is 0 Å². The van der Waals surface area contributed by atoms with Crippen molar-refractivity contribution in [3.8, 4) is 0 Å². The van der Waals surface area contributed by atoms with Gasteiger partial charge < -0.3 is 16.3 Å². The van der Waals surface area contributed by atoms with Crippen molar-refractivity contribution in [3.63, 3.8) is 0 Å². The normalized spacial score (nSPS) is 14.6. The van der Waals surface area contributed by atoms with Crippen molar-refractivity contribution >= 4 is 31.1 Å². The summed E-state index contributed by atoms with van der Waals surface area (Å²) in [5.41, 5.74) is 11.2. The van der Waals surface area contributed by atoms with Gasteiger partial charge in [0.1, 0.15) is 6.29 Å². The Labute approximate surface area is 98.8 Å². The monoisotopic (exact) mass is 244 g/mol. The van der Waals surface area contributed by atoms with Gasteiger partial charge in [0.25, 0.3) is 0 Å². The van der Waals surface area contributed by atoms with Crippen LogP contribution in [0.15, 0.2) is 0 Å². The third-order valence-corrected chi connectivity index (χ3v) is 2.38. The molecule has 0 rings (SSSR count). The second kappa shape index (κ2) is 8.48. The molecule has 0 aliphatic rings. The Balaban J connectivity index is -0.000000605. The number of rotatable bonds is 5. The zero-order valence-electron chi connectivity index (χ0n) is 9.03. The van der Waals surface area contributed by atoms with Crippen LogP contribution in [0, 0.1) is 5.92 Å². The lowest BCUT2D eigenvalue weighted by atomic mass is 9.86. The molecule has 0 saturated carbocycles. The average molecular weight is 245 g/mol. The standard InChI is InChI=1S/C9H20N2O.2ClH/c1-7(9(2,3)11)4-5-8(10)6-12;;/h6-8H,4-5,10-11H2,1-3H3;2*1H. The van der Waals surface area contributed by atoms with Gasteiger partial charge in [0.05, 0.1) is 6.04 Å². The molecule has 0 aromatic carbocycles. The van der Waals surface area contributed by atoms with E-state index in [1.807, 2.05) is 13.8 Å². The van der Waals surface area contributed by atoms with Gasteiger partial charge in [-0.2, -0.15) is 0 Å². The Morgan fingerprint density at radius 3 is 2.00 bits per heavy atom. The van der Waals surface area contributed by atoms with Gasteiger partial charge in [-0.25, -0.2) is 0 Å². The molecule has 88 valence electrons. The summed E-state index contributed by atoms with van der Waals surface area (Å²) in [6.45, 7) is 6.06. The summed E-state index contributed by atoms with van der Waals surface area (Å²) in [5, 5.41) is 0. The van der Waals surface area contributed by atoms with Gasteiger partial charge in [-0.05, 0) is 32.6 Å². The van der Waals surface area contributed by atoms with E-state index in [0.29, 0.717) is 5.92 Å². The van der Waals surface area contributed by atoms with E-state index in [1.54, 1.807) is 0 Å². The summed E-state index contributed by atoms with van der Waals surface area (Å²) in [7, 11) is 0. The Hall–Kier alpha value is 0.170. The highest BCUT2D eigenvalue weighted by Gasteiger charge is 2.20. The van der Waals surface area contributed by atoms with Crippen LogP contribution in [0.1, 0.15) is 33.6 Å². The Morgan fingerprint density at radius 2 is 1.71 bits per heavy atom. The minimum Gasteiger partial charge on any atom is -0.325 e. The quantitative estimate of drug-likeness (QED) is 0.721. The molecule has 2 unspecified atom stereocenters. The van der Waals surface area contributed by atoms with Crippen LogP contribution in [0.4, 0.5) is 0 Å². The molecule has 0 radical (unpaired) electrons. The van der Waals surface area contributed by atoms with Crippen molar-refractivity contribution < 1.29 is 4.79 Å². The summed E-state index contributed by atoms with van der Waals surface area (Å²) < 4.78 is 0. The second-order valence-corrected chi connectivity index (χ2v) is 4.10. The number of halogens is 2. The second-order valence-electron chi connectivity index (χ2n) is 4.10. The molecule has 3 nitrogen and oxygen atoms in total. The van der Waals surface area contributed by atoms with Crippen LogP contribution in [0.5, 0.6) is 0 Å². The Morgan fingerprint density at radius 1 is 1.29 bits per heavy atom. The minimum atomic E-state index is -0.324. The molecular weight excluding hydrogens is 223 g/mol. The first-order valence-corrected chi connectivity index (χ1v) is 4.37. The number of aldehydes is 1. The molecule has 0 aliphatic heterocycles. The first-order chi connectivity index (χ1) is 5.38. The summed E-state index contributed by atoms with van der Waals surface area (Å²) in [6.07, 6.45) is 2.42. The molecule has 0 amide bonds. The summed E-state index contributed by atoms with van der Waals surface area (Å²) in [4.78, 5) is 10.2. The molecule has 0 saturated heterocycles. The molecule has 0 fully saturated rings. The van der Waals surface area contributed by atoms with Crippen LogP contribution in [0.2, 0.25) is 0 Å². The van der Waals surface area contributed by atoms with Gasteiger partial charge in [-0.3, -0.25) is 0 Å². The van der Waals surface area contributed by atoms with Crippen LogP contribution in [-0.4, -0.2) is 17.9 Å². The maximum Gasteiger partial charge on any atom is 0.136 e. The van der Waals surface area contributed by atoms with E-state index in [0.717, 1.165) is 19.1 Å². The van der Waals surface area contributed by atoms with Gasteiger partial charge in [0, 0.05) is 5.54 Å². The Kier molecular flexibility index (Phi) is 11.9. The van der Waals surface area contributed by atoms with Crippen molar-refractivity contribution in [2.24, 2.45) is 17.4 Å². The Bertz CT molecular complexity index is 148. The topological polar surface area (TPSA) is 69.1 Å². The molecule has 0 bridgehead atoms. The van der Waals surface area contributed by atoms with Gasteiger partial charge >= 0.3 is 0 Å². The molecule has 0 spiro atoms. The SMILES string of the molecule is CC(CCC(N)C=O)C(C)(C)N.Cl.Cl. The number of carbonyl (C=O) groups excluding carboxylic acids is 1. The zero-order valence-corrected chi connectivity index (χ0v) is 10.7. The van der Waals surface area contributed by atoms with Crippen LogP contribution in [-0.2, 0) is 4.79 Å². The molecule has 0 heterocycles. The molecule has 0 aromatic heterocycles. The van der Waals surface area contributed by atoms with Crippen molar-refractivity contribution in [1.82, 2.24) is 0 Å². The largest absolute Gasteiger partial charge is 0.325 e. The van der Waals surface area contributed by atoms with Gasteiger partial charge in [-0.15, -0.1) is 24.8 Å². The predicted molar refractivity (Wildman–Crippen MR) is 65.2 cm³/mol. The molecule has 2 atom stereocenters. The molecular formula is C9H22Cl2N2O. The average Bonchev–Trinajstić information content (AvgIpc) is 1.97. The van der Waals surface area contributed by atoms with E-state index in [1.165, 1.54) is 0 Å². The fourth-order valence-electron chi connectivity index (χ4n) is 0.882. The smallest absolute Gasteiger partial charge is 0.136 e. The lowest BCUT2D eigenvalue weighted by Crippen LogP contribution is -2.40. The highest BCUT2D eigenvalue weighted by molar-refractivity contribution is 5.85. The first kappa shape index (κ1) is 19.7. The van der Waals surface area contributed by atoms with E-state index in [4.69, 9.17) is 11.5 Å². The highest BCUT2D eigenvalue weighted by Crippen LogP contribution is 2.18. The van der Waals surface area contributed by atoms with Crippen molar-refractivity contribution in [1.29, 1.82) is 0 Å². The maximum atomic E-state index is 10.2. The summed E-state index contributed by atoms with van der Waals surface area (Å²) in [6, 6.07) is -0.324. The van der Waals surface area contributed by atoms with Crippen LogP contribution >= 0.6 is 24.8 Å². The lowest BCUT2D eigenvalue weighted by Gasteiger charge is -2.27.